The molecule has 32 heavy (non-hydrogen) atoms. The maximum Gasteiger partial charge on any atom is 0.164 e. The topological polar surface area (TPSA) is 38.7 Å². The van der Waals surface area contributed by atoms with E-state index in [1.54, 1.807) is 0 Å². The molecule has 0 spiro atoms. The molecular formula is C29H25N3. The lowest BCUT2D eigenvalue weighted by Crippen LogP contribution is -2.00. The summed E-state index contributed by atoms with van der Waals surface area (Å²) in [7, 11) is 0. The van der Waals surface area contributed by atoms with Crippen molar-refractivity contribution in [2.45, 2.75) is 13.8 Å². The summed E-state index contributed by atoms with van der Waals surface area (Å²) in [5.41, 5.74) is 5.21. The Morgan fingerprint density at radius 2 is 0.688 bits per heavy atom. The quantitative estimate of drug-likeness (QED) is 0.304. The van der Waals surface area contributed by atoms with Crippen LogP contribution in [-0.4, -0.2) is 15.0 Å². The Morgan fingerprint density at radius 3 is 1.16 bits per heavy atom. The highest BCUT2D eigenvalue weighted by Crippen LogP contribution is 2.27. The van der Waals surface area contributed by atoms with Crippen LogP contribution in [0.5, 0.6) is 0 Å². The Morgan fingerprint density at radius 1 is 0.344 bits per heavy atom. The van der Waals surface area contributed by atoms with Crippen LogP contribution < -0.4 is 0 Å². The van der Waals surface area contributed by atoms with Crippen molar-refractivity contribution >= 4 is 0 Å². The van der Waals surface area contributed by atoms with E-state index in [4.69, 9.17) is 15.0 Å². The Hall–Kier alpha value is -4.11. The van der Waals surface area contributed by atoms with E-state index in [1.165, 1.54) is 5.56 Å². The molecule has 1 heterocycles. The number of aromatic nitrogens is 3. The molecule has 0 N–H and O–H groups in total. The van der Waals surface area contributed by atoms with Crippen molar-refractivity contribution in [2.24, 2.45) is 0 Å². The van der Waals surface area contributed by atoms with Gasteiger partial charge in [-0.2, -0.15) is 0 Å². The van der Waals surface area contributed by atoms with Crippen LogP contribution in [-0.2, 0) is 0 Å². The first-order chi connectivity index (χ1) is 15.9. The summed E-state index contributed by atoms with van der Waals surface area (Å²) < 4.78 is 0. The number of benzene rings is 4. The Labute approximate surface area is 189 Å². The van der Waals surface area contributed by atoms with Gasteiger partial charge < -0.3 is 0 Å². The van der Waals surface area contributed by atoms with E-state index in [2.05, 4.69) is 24.3 Å². The van der Waals surface area contributed by atoms with Crippen LogP contribution in [0.3, 0.4) is 0 Å². The van der Waals surface area contributed by atoms with E-state index in [-0.39, 0.29) is 0 Å². The van der Waals surface area contributed by atoms with E-state index < -0.39 is 0 Å². The average molecular weight is 416 g/mol. The highest BCUT2D eigenvalue weighted by molar-refractivity contribution is 5.72. The maximum atomic E-state index is 4.81. The number of rotatable bonds is 4. The Kier molecular flexibility index (Phi) is 6.78. The summed E-state index contributed by atoms with van der Waals surface area (Å²) in [5.74, 6) is 2.01. The zero-order chi connectivity index (χ0) is 22.2. The first-order valence-corrected chi connectivity index (χ1v) is 10.9. The molecule has 0 saturated carbocycles. The molecule has 0 bridgehead atoms. The maximum absolute atomic E-state index is 4.81. The van der Waals surface area contributed by atoms with Gasteiger partial charge in [0, 0.05) is 16.7 Å². The lowest BCUT2D eigenvalue weighted by atomic mass is 10.0. The van der Waals surface area contributed by atoms with E-state index in [1.807, 2.05) is 105 Å². The molecule has 0 aliphatic carbocycles. The van der Waals surface area contributed by atoms with Gasteiger partial charge >= 0.3 is 0 Å². The second-order valence-electron chi connectivity index (χ2n) is 6.99. The van der Waals surface area contributed by atoms with Gasteiger partial charge in [-0.3, -0.25) is 0 Å². The van der Waals surface area contributed by atoms with Gasteiger partial charge in [-0.25, -0.2) is 15.0 Å². The monoisotopic (exact) mass is 415 g/mol. The Balaban J connectivity index is 0.00000119. The molecule has 0 aliphatic heterocycles. The minimum Gasteiger partial charge on any atom is -0.208 e. The van der Waals surface area contributed by atoms with Gasteiger partial charge in [0.15, 0.2) is 17.5 Å². The first kappa shape index (κ1) is 21.1. The summed E-state index contributed by atoms with van der Waals surface area (Å²) in [6.07, 6.45) is 0. The van der Waals surface area contributed by atoms with Crippen molar-refractivity contribution < 1.29 is 0 Å². The first-order valence-electron chi connectivity index (χ1n) is 10.9. The normalized spacial score (nSPS) is 10.2. The summed E-state index contributed by atoms with van der Waals surface area (Å²) in [5, 5.41) is 0. The smallest absolute Gasteiger partial charge is 0.164 e. The molecule has 0 saturated heterocycles. The fourth-order valence-corrected chi connectivity index (χ4v) is 3.41. The lowest BCUT2D eigenvalue weighted by Gasteiger charge is -2.09. The van der Waals surface area contributed by atoms with Crippen LogP contribution >= 0.6 is 0 Å². The number of hydrogen-bond acceptors (Lipinski definition) is 3. The molecule has 0 fully saturated rings. The highest BCUT2D eigenvalue weighted by atomic mass is 15.0. The third-order valence-electron chi connectivity index (χ3n) is 4.93. The van der Waals surface area contributed by atoms with E-state index in [0.717, 1.165) is 22.3 Å². The van der Waals surface area contributed by atoms with Crippen LogP contribution in [0, 0.1) is 0 Å². The van der Waals surface area contributed by atoms with Gasteiger partial charge in [0.05, 0.1) is 0 Å². The Bertz CT molecular complexity index is 1210. The summed E-state index contributed by atoms with van der Waals surface area (Å²) in [6, 6.07) is 38.7. The second kappa shape index (κ2) is 10.3. The van der Waals surface area contributed by atoms with E-state index >= 15 is 0 Å². The van der Waals surface area contributed by atoms with Gasteiger partial charge in [0.2, 0.25) is 0 Å². The molecule has 5 aromatic rings. The zero-order valence-corrected chi connectivity index (χ0v) is 18.3. The summed E-state index contributed by atoms with van der Waals surface area (Å²) in [6.45, 7) is 4.00. The minimum absolute atomic E-state index is 0.667. The molecule has 3 nitrogen and oxygen atoms in total. The summed E-state index contributed by atoms with van der Waals surface area (Å²) >= 11 is 0. The molecule has 5 rings (SSSR count). The standard InChI is InChI=1S/C27H19N3.C2H6/c1-4-11-20(12-5-1)23-17-10-18-24(19-23)27-29-25(21-13-6-2-7-14-21)28-26(30-27)22-15-8-3-9-16-22;1-2/h1-19H;1-2H3. The molecule has 0 aliphatic rings. The third-order valence-corrected chi connectivity index (χ3v) is 4.93. The lowest BCUT2D eigenvalue weighted by molar-refractivity contribution is 1.07. The van der Waals surface area contributed by atoms with Crippen molar-refractivity contribution in [2.75, 3.05) is 0 Å². The highest BCUT2D eigenvalue weighted by Gasteiger charge is 2.12. The third kappa shape index (κ3) is 4.79. The van der Waals surface area contributed by atoms with Crippen LogP contribution in [0.4, 0.5) is 0 Å². The second-order valence-corrected chi connectivity index (χ2v) is 6.99. The van der Waals surface area contributed by atoms with E-state index in [0.29, 0.717) is 17.5 Å². The molecule has 4 aromatic carbocycles. The van der Waals surface area contributed by atoms with Crippen molar-refractivity contribution in [1.82, 2.24) is 15.0 Å². The summed E-state index contributed by atoms with van der Waals surface area (Å²) in [4.78, 5) is 14.4. The van der Waals surface area contributed by atoms with Gasteiger partial charge in [-0.1, -0.05) is 123 Å². The fraction of sp³-hybridized carbons (Fsp3) is 0.0690. The molecule has 1 aromatic heterocycles. The van der Waals surface area contributed by atoms with Crippen LogP contribution in [0.15, 0.2) is 115 Å². The van der Waals surface area contributed by atoms with Crippen LogP contribution in [0.2, 0.25) is 0 Å². The minimum atomic E-state index is 0.667. The molecule has 0 amide bonds. The van der Waals surface area contributed by atoms with Crippen molar-refractivity contribution in [3.05, 3.63) is 115 Å². The van der Waals surface area contributed by atoms with E-state index in [9.17, 15) is 0 Å². The SMILES string of the molecule is CC.c1ccc(-c2cccc(-c3nc(-c4ccccc4)nc(-c4ccccc4)n3)c2)cc1. The number of hydrogen-bond donors (Lipinski definition) is 0. The van der Waals surface area contributed by atoms with Gasteiger partial charge in [0.25, 0.3) is 0 Å². The van der Waals surface area contributed by atoms with Gasteiger partial charge in [0.1, 0.15) is 0 Å². The van der Waals surface area contributed by atoms with Crippen LogP contribution in [0.1, 0.15) is 13.8 Å². The predicted octanol–water partition coefficient (Wildman–Crippen LogP) is 7.57. The molecule has 3 heteroatoms. The number of nitrogens with zero attached hydrogens (tertiary/aromatic N) is 3. The predicted molar refractivity (Wildman–Crippen MR) is 133 cm³/mol. The van der Waals surface area contributed by atoms with Crippen molar-refractivity contribution in [1.29, 1.82) is 0 Å². The molecule has 156 valence electrons. The van der Waals surface area contributed by atoms with Crippen LogP contribution in [0.25, 0.3) is 45.3 Å². The van der Waals surface area contributed by atoms with Crippen molar-refractivity contribution in [3.8, 4) is 45.3 Å². The molecule has 0 unspecified atom stereocenters. The van der Waals surface area contributed by atoms with Gasteiger partial charge in [-0.15, -0.1) is 0 Å². The van der Waals surface area contributed by atoms with Gasteiger partial charge in [-0.05, 0) is 17.2 Å². The fourth-order valence-electron chi connectivity index (χ4n) is 3.41. The van der Waals surface area contributed by atoms with Crippen molar-refractivity contribution in [3.63, 3.8) is 0 Å². The molecule has 0 atom stereocenters. The average Bonchev–Trinajstić information content (AvgIpc) is 2.91. The zero-order valence-electron chi connectivity index (χ0n) is 18.3. The molecule has 0 radical (unpaired) electrons. The molecular weight excluding hydrogens is 390 g/mol. The largest absolute Gasteiger partial charge is 0.208 e.